The number of carbonyl (C=O) groups is 1. The van der Waals surface area contributed by atoms with Gasteiger partial charge in [0.2, 0.25) is 0 Å². The molecule has 1 aromatic heterocycles. The van der Waals surface area contributed by atoms with Gasteiger partial charge in [0.15, 0.2) is 5.82 Å². The predicted molar refractivity (Wildman–Crippen MR) is 150 cm³/mol. The molecule has 2 aromatic carbocycles. The number of amides is 1. The van der Waals surface area contributed by atoms with Crippen molar-refractivity contribution in [3.63, 3.8) is 0 Å². The molecule has 0 fully saturated rings. The van der Waals surface area contributed by atoms with Gasteiger partial charge in [0.05, 0.1) is 6.26 Å². The fourth-order valence-corrected chi connectivity index (χ4v) is 5.71. The molecule has 1 amide bonds. The van der Waals surface area contributed by atoms with Crippen molar-refractivity contribution >= 4 is 26.3 Å². The van der Waals surface area contributed by atoms with E-state index < -0.39 is 43.9 Å². The maximum atomic E-state index is 16.1. The molecular weight excluding hydrogens is 535 g/mol. The van der Waals surface area contributed by atoms with Crippen molar-refractivity contribution < 1.29 is 26.8 Å². The maximum Gasteiger partial charge on any atom is 0.254 e. The van der Waals surface area contributed by atoms with Gasteiger partial charge in [0.1, 0.15) is 47.1 Å². The number of hydrogen-bond donors (Lipinski definition) is 0. The van der Waals surface area contributed by atoms with Crippen molar-refractivity contribution in [1.82, 2.24) is 4.90 Å². The molecule has 0 saturated heterocycles. The number of halogens is 3. The van der Waals surface area contributed by atoms with Crippen LogP contribution in [0.4, 0.5) is 13.2 Å². The summed E-state index contributed by atoms with van der Waals surface area (Å²) in [6, 6.07) is 9.39. The van der Waals surface area contributed by atoms with E-state index in [1.165, 1.54) is 35.6 Å². The highest BCUT2D eigenvalue weighted by atomic mass is 28.4. The van der Waals surface area contributed by atoms with Gasteiger partial charge >= 0.3 is 0 Å². The third-order valence-corrected chi connectivity index (χ3v) is 12.3. The molecule has 2 aliphatic rings. The Morgan fingerprint density at radius 3 is 2.33 bits per heavy atom. The number of amidine groups is 1. The highest BCUT2D eigenvalue weighted by molar-refractivity contribution is 6.74. The molecule has 0 N–H and O–H groups in total. The molecule has 5 rings (SSSR count). The van der Waals surface area contributed by atoms with Crippen molar-refractivity contribution in [3.05, 3.63) is 89.1 Å². The van der Waals surface area contributed by atoms with Gasteiger partial charge in [-0.1, -0.05) is 39.0 Å². The molecule has 3 atom stereocenters. The van der Waals surface area contributed by atoms with Gasteiger partial charge in [0.25, 0.3) is 14.2 Å². The average molecular weight is 568 g/mol. The van der Waals surface area contributed by atoms with Crippen LogP contribution in [-0.2, 0) is 17.6 Å². The summed E-state index contributed by atoms with van der Waals surface area (Å²) >= 11 is 0. The van der Waals surface area contributed by atoms with Crippen LogP contribution in [-0.4, -0.2) is 43.3 Å². The van der Waals surface area contributed by atoms with E-state index in [1.54, 1.807) is 30.3 Å². The Labute approximate surface area is 232 Å². The fourth-order valence-electron chi connectivity index (χ4n) is 4.69. The fraction of sp³-hybridized carbons (Fsp3) is 0.367. The SMILES string of the molecule is CC(C)(C)[Si](C)(C)Oc1cccc(C2C=NC(Cc3c(F)cccc3F)C3=NC(Cc4ccco4)C(=O)N32)c1F. The van der Waals surface area contributed by atoms with Gasteiger partial charge in [-0.05, 0) is 48.5 Å². The lowest BCUT2D eigenvalue weighted by Crippen LogP contribution is -2.47. The van der Waals surface area contributed by atoms with E-state index in [4.69, 9.17) is 8.84 Å². The summed E-state index contributed by atoms with van der Waals surface area (Å²) in [7, 11) is -2.36. The first-order chi connectivity index (χ1) is 18.9. The second-order valence-electron chi connectivity index (χ2n) is 11.7. The Bertz CT molecular complexity index is 1460. The van der Waals surface area contributed by atoms with Crippen molar-refractivity contribution in [2.75, 3.05) is 0 Å². The van der Waals surface area contributed by atoms with Crippen LogP contribution in [0.2, 0.25) is 18.1 Å². The molecule has 0 spiro atoms. The summed E-state index contributed by atoms with van der Waals surface area (Å²) in [5.41, 5.74) is 0.0545. The standard InChI is InChI=1S/C30H32F3N3O3Si/c1-30(2,3)40(4,5)39-26-13-6-10-19(27(26)33)25-17-34-23(16-20-21(31)11-7-12-22(20)32)28-35-24(29(37)36(25)28)15-18-9-8-14-38-18/h6-14,17,23-25H,15-16H2,1-5H3. The summed E-state index contributed by atoms with van der Waals surface area (Å²) in [6.45, 7) is 10.3. The Kier molecular flexibility index (Phi) is 7.24. The summed E-state index contributed by atoms with van der Waals surface area (Å²) in [5, 5.41) is -0.152. The number of benzene rings is 2. The van der Waals surface area contributed by atoms with E-state index in [0.29, 0.717) is 5.76 Å². The number of nitrogens with zero attached hydrogens (tertiary/aromatic N) is 3. The molecule has 6 nitrogen and oxygen atoms in total. The van der Waals surface area contributed by atoms with E-state index >= 15 is 4.39 Å². The van der Waals surface area contributed by atoms with Crippen LogP contribution in [0, 0.1) is 17.5 Å². The lowest BCUT2D eigenvalue weighted by atomic mass is 9.98. The van der Waals surface area contributed by atoms with Gasteiger partial charge < -0.3 is 8.84 Å². The zero-order valence-electron chi connectivity index (χ0n) is 23.1. The highest BCUT2D eigenvalue weighted by Crippen LogP contribution is 2.40. The summed E-state index contributed by atoms with van der Waals surface area (Å²) in [6.07, 6.45) is 3.02. The number of fused-ring (bicyclic) bond motifs is 1. The number of rotatable bonds is 7. The van der Waals surface area contributed by atoms with E-state index in [1.807, 2.05) is 13.1 Å². The number of aliphatic imine (C=N–C) groups is 2. The van der Waals surface area contributed by atoms with E-state index in [-0.39, 0.29) is 46.5 Å². The minimum Gasteiger partial charge on any atom is -0.542 e. The Balaban J connectivity index is 1.54. The zero-order chi connectivity index (χ0) is 28.8. The second-order valence-corrected chi connectivity index (χ2v) is 16.4. The first kappa shape index (κ1) is 27.9. The molecule has 3 heterocycles. The molecule has 0 saturated carbocycles. The second kappa shape index (κ2) is 10.4. The van der Waals surface area contributed by atoms with Crippen molar-refractivity contribution in [3.8, 4) is 5.75 Å². The van der Waals surface area contributed by atoms with Gasteiger partial charge in [0, 0.05) is 30.2 Å². The third-order valence-electron chi connectivity index (χ3n) is 7.96. The lowest BCUT2D eigenvalue weighted by molar-refractivity contribution is -0.128. The molecular formula is C30H32F3N3O3Si. The Morgan fingerprint density at radius 1 is 0.975 bits per heavy atom. The molecule has 2 aliphatic heterocycles. The maximum absolute atomic E-state index is 16.1. The normalized spacial score (nSPS) is 21.0. The number of furan rings is 1. The molecule has 3 unspecified atom stereocenters. The molecule has 0 radical (unpaired) electrons. The largest absolute Gasteiger partial charge is 0.542 e. The first-order valence-corrected chi connectivity index (χ1v) is 16.1. The molecule has 210 valence electrons. The molecule has 40 heavy (non-hydrogen) atoms. The van der Waals surface area contributed by atoms with Gasteiger partial charge in [-0.2, -0.15) is 0 Å². The quantitative estimate of drug-likeness (QED) is 0.300. The Hall–Kier alpha value is -3.66. The zero-order valence-corrected chi connectivity index (χ0v) is 24.1. The summed E-state index contributed by atoms with van der Waals surface area (Å²) in [4.78, 5) is 24.4. The van der Waals surface area contributed by atoms with Crippen LogP contribution in [0.25, 0.3) is 0 Å². The van der Waals surface area contributed by atoms with E-state index in [9.17, 15) is 13.6 Å². The predicted octanol–water partition coefficient (Wildman–Crippen LogP) is 6.67. The number of hydrogen-bond acceptors (Lipinski definition) is 5. The van der Waals surface area contributed by atoms with Crippen LogP contribution in [0.3, 0.4) is 0 Å². The minimum absolute atomic E-state index is 0.116. The van der Waals surface area contributed by atoms with Crippen LogP contribution in [0.15, 0.2) is 69.2 Å². The average Bonchev–Trinajstić information content (AvgIpc) is 3.51. The van der Waals surface area contributed by atoms with Crippen molar-refractivity contribution in [2.24, 2.45) is 9.98 Å². The van der Waals surface area contributed by atoms with Crippen molar-refractivity contribution in [2.45, 2.75) is 69.9 Å². The summed E-state index contributed by atoms with van der Waals surface area (Å²) < 4.78 is 56.8. The third kappa shape index (κ3) is 5.12. The highest BCUT2D eigenvalue weighted by Gasteiger charge is 2.46. The smallest absolute Gasteiger partial charge is 0.254 e. The lowest BCUT2D eigenvalue weighted by Gasteiger charge is -2.37. The molecule has 10 heteroatoms. The van der Waals surface area contributed by atoms with Gasteiger partial charge in [-0.25, -0.2) is 13.2 Å². The summed E-state index contributed by atoms with van der Waals surface area (Å²) in [5.74, 6) is -1.43. The number of carbonyl (C=O) groups excluding carboxylic acids is 1. The van der Waals surface area contributed by atoms with Crippen molar-refractivity contribution in [1.29, 1.82) is 0 Å². The molecule has 3 aromatic rings. The van der Waals surface area contributed by atoms with E-state index in [0.717, 1.165) is 0 Å². The topological polar surface area (TPSA) is 67.4 Å². The first-order valence-electron chi connectivity index (χ1n) is 13.2. The van der Waals surface area contributed by atoms with E-state index in [2.05, 4.69) is 30.8 Å². The minimum atomic E-state index is -2.36. The monoisotopic (exact) mass is 567 g/mol. The Morgan fingerprint density at radius 2 is 1.68 bits per heavy atom. The molecule has 0 aliphatic carbocycles. The van der Waals surface area contributed by atoms with Gasteiger partial charge in [-0.15, -0.1) is 0 Å². The van der Waals surface area contributed by atoms with Gasteiger partial charge in [-0.3, -0.25) is 19.7 Å². The van der Waals surface area contributed by atoms with Crippen LogP contribution >= 0.6 is 0 Å². The molecule has 0 bridgehead atoms. The van der Waals surface area contributed by atoms with Crippen LogP contribution < -0.4 is 4.43 Å². The van der Waals surface area contributed by atoms with Crippen LogP contribution in [0.1, 0.15) is 43.7 Å². The van der Waals surface area contributed by atoms with Crippen LogP contribution in [0.5, 0.6) is 5.75 Å².